The number of unbranched alkanes of at least 4 members (excludes halogenated alkanes) is 25. The summed E-state index contributed by atoms with van der Waals surface area (Å²) in [5.74, 6) is -0.567. The molecule has 0 aromatic heterocycles. The van der Waals surface area contributed by atoms with E-state index in [0.29, 0.717) is 19.3 Å². The fraction of sp³-hybridized carbons (Fsp3) is 0.786. The van der Waals surface area contributed by atoms with Crippen molar-refractivity contribution in [1.82, 2.24) is 5.32 Å². The monoisotopic (exact) mass is 868 g/mol. The highest BCUT2D eigenvalue weighted by atomic mass is 16.5. The number of rotatable bonds is 47. The van der Waals surface area contributed by atoms with Crippen molar-refractivity contribution in [3.05, 3.63) is 60.8 Å². The number of hydrogen-bond acceptors (Lipinski definition) is 5. The summed E-state index contributed by atoms with van der Waals surface area (Å²) in [5, 5.41) is 23.8. The van der Waals surface area contributed by atoms with Crippen molar-refractivity contribution in [3.8, 4) is 0 Å². The zero-order chi connectivity index (χ0) is 45.2. The van der Waals surface area contributed by atoms with Gasteiger partial charge in [0, 0.05) is 6.42 Å². The predicted octanol–water partition coefficient (Wildman–Crippen LogP) is 16.0. The van der Waals surface area contributed by atoms with E-state index in [4.69, 9.17) is 4.74 Å². The first-order valence-corrected chi connectivity index (χ1v) is 26.5. The van der Waals surface area contributed by atoms with Crippen LogP contribution >= 0.6 is 0 Å². The topological polar surface area (TPSA) is 95.9 Å². The van der Waals surface area contributed by atoms with Gasteiger partial charge in [-0.3, -0.25) is 9.59 Å². The van der Waals surface area contributed by atoms with E-state index in [9.17, 15) is 19.8 Å². The number of allylic oxidation sites excluding steroid dienone is 10. The first kappa shape index (κ1) is 59.6. The first-order chi connectivity index (χ1) is 30.5. The average molecular weight is 868 g/mol. The van der Waals surface area contributed by atoms with Crippen molar-refractivity contribution in [3.63, 3.8) is 0 Å². The van der Waals surface area contributed by atoms with Gasteiger partial charge in [-0.1, -0.05) is 248 Å². The highest BCUT2D eigenvalue weighted by Gasteiger charge is 2.24. The minimum absolute atomic E-state index is 0.0490. The van der Waals surface area contributed by atoms with Gasteiger partial charge < -0.3 is 20.3 Å². The van der Waals surface area contributed by atoms with Gasteiger partial charge in [0.15, 0.2) is 0 Å². The van der Waals surface area contributed by atoms with E-state index in [1.54, 1.807) is 0 Å². The van der Waals surface area contributed by atoms with Crippen LogP contribution in [0.4, 0.5) is 0 Å². The van der Waals surface area contributed by atoms with Gasteiger partial charge in [0.05, 0.1) is 25.2 Å². The van der Waals surface area contributed by atoms with Gasteiger partial charge in [-0.25, -0.2) is 0 Å². The van der Waals surface area contributed by atoms with Gasteiger partial charge in [0.2, 0.25) is 5.91 Å². The number of esters is 1. The number of nitrogens with one attached hydrogen (secondary N) is 1. The van der Waals surface area contributed by atoms with Crippen LogP contribution in [0.3, 0.4) is 0 Å². The Balaban J connectivity index is 4.59. The molecule has 0 aromatic rings. The van der Waals surface area contributed by atoms with E-state index >= 15 is 0 Å². The zero-order valence-electron chi connectivity index (χ0n) is 41.0. The lowest BCUT2D eigenvalue weighted by molar-refractivity contribution is -0.150. The van der Waals surface area contributed by atoms with Crippen molar-refractivity contribution in [2.75, 3.05) is 6.61 Å². The molecule has 0 spiro atoms. The summed E-state index contributed by atoms with van der Waals surface area (Å²) in [4.78, 5) is 26.1. The Hall–Kier alpha value is -2.44. The summed E-state index contributed by atoms with van der Waals surface area (Å²) in [5.41, 5.74) is 0. The zero-order valence-corrected chi connectivity index (χ0v) is 41.0. The molecular formula is C56H101NO5. The molecule has 0 saturated heterocycles. The van der Waals surface area contributed by atoms with Crippen LogP contribution in [0.2, 0.25) is 0 Å². The van der Waals surface area contributed by atoms with Gasteiger partial charge >= 0.3 is 5.97 Å². The summed E-state index contributed by atoms with van der Waals surface area (Å²) in [7, 11) is 0. The molecule has 3 unspecified atom stereocenters. The fourth-order valence-corrected chi connectivity index (χ4v) is 7.89. The smallest absolute Gasteiger partial charge is 0.306 e. The normalized spacial score (nSPS) is 13.7. The van der Waals surface area contributed by atoms with E-state index in [0.717, 1.165) is 70.6 Å². The Kier molecular flexibility index (Phi) is 47.6. The van der Waals surface area contributed by atoms with Crippen LogP contribution in [0.5, 0.6) is 0 Å². The Morgan fingerprint density at radius 3 is 1.23 bits per heavy atom. The standard InChI is InChI=1S/C56H101NO5/c1-4-7-10-13-16-19-22-24-26-28-30-33-36-39-42-45-48-54(59)53(51-58)57-55(60)50-52(47-44-41-38-35-32-21-18-15-12-9-6-3)62-56(61)49-46-43-40-37-34-31-29-27-25-23-20-17-14-11-8-5-2/h8,11,17,20,25,27,31,34,40,43,52-54,58-59H,4-7,9-10,12-16,18-19,21-24,26,28-30,32-33,35-39,41-42,44-51H2,1-3H3,(H,57,60)/b11-8+,20-17+,27-25+,34-31+,43-40+. The van der Waals surface area contributed by atoms with Gasteiger partial charge in [-0.15, -0.1) is 0 Å². The predicted molar refractivity (Wildman–Crippen MR) is 268 cm³/mol. The van der Waals surface area contributed by atoms with Gasteiger partial charge in [0.25, 0.3) is 0 Å². The minimum atomic E-state index is -0.799. The van der Waals surface area contributed by atoms with Crippen molar-refractivity contribution in [1.29, 1.82) is 0 Å². The lowest BCUT2D eigenvalue weighted by Crippen LogP contribution is -2.46. The van der Waals surface area contributed by atoms with Gasteiger partial charge in [-0.05, 0) is 57.8 Å². The van der Waals surface area contributed by atoms with Crippen LogP contribution < -0.4 is 5.32 Å². The molecule has 0 bridgehead atoms. The summed E-state index contributed by atoms with van der Waals surface area (Å²) in [6.45, 7) is 6.36. The Bertz CT molecular complexity index is 1110. The molecule has 0 saturated carbocycles. The van der Waals surface area contributed by atoms with Crippen LogP contribution in [-0.2, 0) is 14.3 Å². The molecule has 0 aromatic carbocycles. The van der Waals surface area contributed by atoms with Gasteiger partial charge in [-0.2, -0.15) is 0 Å². The highest BCUT2D eigenvalue weighted by Crippen LogP contribution is 2.18. The first-order valence-electron chi connectivity index (χ1n) is 26.5. The molecule has 0 aliphatic carbocycles. The Morgan fingerprint density at radius 2 is 0.839 bits per heavy atom. The molecule has 0 heterocycles. The van der Waals surface area contributed by atoms with Crippen LogP contribution in [0.25, 0.3) is 0 Å². The molecule has 6 heteroatoms. The fourth-order valence-electron chi connectivity index (χ4n) is 7.89. The third-order valence-corrected chi connectivity index (χ3v) is 11.9. The summed E-state index contributed by atoms with van der Waals surface area (Å²) in [6.07, 6.45) is 61.5. The van der Waals surface area contributed by atoms with E-state index in [2.05, 4.69) is 80.8 Å². The summed E-state index contributed by atoms with van der Waals surface area (Å²) < 4.78 is 5.89. The van der Waals surface area contributed by atoms with Crippen LogP contribution in [0, 0.1) is 0 Å². The molecule has 3 N–H and O–H groups in total. The molecule has 0 rings (SSSR count). The molecule has 62 heavy (non-hydrogen) atoms. The molecule has 0 fully saturated rings. The van der Waals surface area contributed by atoms with Gasteiger partial charge in [0.1, 0.15) is 6.10 Å². The van der Waals surface area contributed by atoms with Crippen LogP contribution in [0.1, 0.15) is 258 Å². The lowest BCUT2D eigenvalue weighted by Gasteiger charge is -2.24. The van der Waals surface area contributed by atoms with E-state index < -0.39 is 18.2 Å². The Morgan fingerprint density at radius 1 is 0.484 bits per heavy atom. The largest absolute Gasteiger partial charge is 0.462 e. The van der Waals surface area contributed by atoms with Crippen molar-refractivity contribution in [2.24, 2.45) is 0 Å². The van der Waals surface area contributed by atoms with Crippen LogP contribution in [-0.4, -0.2) is 46.9 Å². The Labute approximate surface area is 384 Å². The number of aliphatic hydroxyl groups excluding tert-OH is 2. The summed E-state index contributed by atoms with van der Waals surface area (Å²) >= 11 is 0. The molecule has 0 aliphatic rings. The molecule has 0 aliphatic heterocycles. The van der Waals surface area contributed by atoms with Crippen molar-refractivity contribution < 1.29 is 24.5 Å². The quantitative estimate of drug-likeness (QED) is 0.0322. The number of aliphatic hydroxyl groups is 2. The average Bonchev–Trinajstić information content (AvgIpc) is 3.26. The minimum Gasteiger partial charge on any atom is -0.462 e. The second-order valence-corrected chi connectivity index (χ2v) is 17.9. The number of amides is 1. The molecule has 3 atom stereocenters. The molecule has 1 amide bonds. The third kappa shape index (κ3) is 44.2. The number of hydrogen-bond donors (Lipinski definition) is 3. The molecule has 6 nitrogen and oxygen atoms in total. The second kappa shape index (κ2) is 49.6. The van der Waals surface area contributed by atoms with Crippen LogP contribution in [0.15, 0.2) is 60.8 Å². The van der Waals surface area contributed by atoms with Crippen molar-refractivity contribution in [2.45, 2.75) is 277 Å². The van der Waals surface area contributed by atoms with Crippen molar-refractivity contribution >= 4 is 11.9 Å². The maximum Gasteiger partial charge on any atom is 0.306 e. The van der Waals surface area contributed by atoms with E-state index in [1.165, 1.54) is 135 Å². The molecule has 0 radical (unpaired) electrons. The number of carbonyl (C=O) groups excluding carboxylic acids is 2. The molecule has 360 valence electrons. The summed E-state index contributed by atoms with van der Waals surface area (Å²) in [6, 6.07) is -0.715. The molecular weight excluding hydrogens is 767 g/mol. The maximum absolute atomic E-state index is 13.2. The number of ether oxygens (including phenoxy) is 1. The third-order valence-electron chi connectivity index (χ3n) is 11.9. The SMILES string of the molecule is CC/C=C/C/C=C/C/C=C/C/C=C/C/C=C/CCC(=O)OC(CCCCCCCCCCCCC)CC(=O)NC(CO)C(O)CCCCCCCCCCCCCCCCCC. The lowest BCUT2D eigenvalue weighted by atomic mass is 10.0. The number of carbonyl (C=O) groups is 2. The van der Waals surface area contributed by atoms with E-state index in [1.807, 2.05) is 6.08 Å². The van der Waals surface area contributed by atoms with E-state index in [-0.39, 0.29) is 31.3 Å². The highest BCUT2D eigenvalue weighted by molar-refractivity contribution is 5.77. The second-order valence-electron chi connectivity index (χ2n) is 17.9. The maximum atomic E-state index is 13.2.